The second kappa shape index (κ2) is 7.68. The van der Waals surface area contributed by atoms with Crippen molar-refractivity contribution in [2.75, 3.05) is 6.61 Å². The quantitative estimate of drug-likeness (QED) is 0.199. The zero-order valence-electron chi connectivity index (χ0n) is 13.7. The van der Waals surface area contributed by atoms with Crippen LogP contribution in [0.4, 0.5) is 0 Å². The Labute approximate surface area is 150 Å². The summed E-state index contributed by atoms with van der Waals surface area (Å²) in [4.78, 5) is 54.6. The van der Waals surface area contributed by atoms with E-state index in [1.165, 1.54) is 6.92 Å². The van der Waals surface area contributed by atoms with Gasteiger partial charge in [-0.1, -0.05) is 0 Å². The third-order valence-corrected chi connectivity index (χ3v) is 5.63. The minimum absolute atomic E-state index is 0.0500. The van der Waals surface area contributed by atoms with Gasteiger partial charge >= 0.3 is 21.3 Å². The molecule has 1 saturated heterocycles. The molecule has 0 saturated carbocycles. The Morgan fingerprint density at radius 2 is 2.15 bits per heavy atom. The van der Waals surface area contributed by atoms with Gasteiger partial charge in [0.05, 0.1) is 12.7 Å². The first kappa shape index (κ1) is 21.5. The van der Waals surface area contributed by atoms with Crippen LogP contribution in [0.5, 0.6) is 0 Å². The van der Waals surface area contributed by atoms with E-state index in [4.69, 9.17) is 20.1 Å². The summed E-state index contributed by atoms with van der Waals surface area (Å²) in [7, 11) is -10.4. The van der Waals surface area contributed by atoms with Crippen LogP contribution < -0.4 is 11.2 Å². The molecule has 1 aliphatic rings. The highest BCUT2D eigenvalue weighted by Gasteiger charge is 2.44. The van der Waals surface area contributed by atoms with E-state index in [9.17, 15) is 23.6 Å². The van der Waals surface area contributed by atoms with Crippen molar-refractivity contribution in [3.63, 3.8) is 0 Å². The molecule has 17 heteroatoms. The lowest BCUT2D eigenvalue weighted by atomic mass is 10.2. The third kappa shape index (κ3) is 5.36. The average molecular weight is 427 g/mol. The summed E-state index contributed by atoms with van der Waals surface area (Å²) >= 11 is 0. The predicted octanol–water partition coefficient (Wildman–Crippen LogP) is 0.171. The maximum absolute atomic E-state index is 12.1. The lowest BCUT2D eigenvalue weighted by molar-refractivity contribution is -0.108. The molecule has 1 unspecified atom stereocenters. The van der Waals surface area contributed by atoms with Crippen LogP contribution in [0.1, 0.15) is 18.4 Å². The van der Waals surface area contributed by atoms with Crippen LogP contribution in [0.15, 0.2) is 20.9 Å². The standard InChI is InChI=1S/C10H15N5O10P2/c1-6-4-15(9(17)12-8(6)16)10(13-14-11)3-2-7(24-10)5-23-27(21,22)25-26(18,19)20/h4,7H,2-3,5H2,1H3,(H,21,22)(H,12,16,17)(H2,18,19,20)/t7-,10-/m0/s1. The molecule has 0 amide bonds. The minimum atomic E-state index is -5.27. The molecule has 0 aliphatic carbocycles. The molecular formula is C10H15N5O10P2. The molecule has 0 bridgehead atoms. The molecular weight excluding hydrogens is 412 g/mol. The predicted molar refractivity (Wildman–Crippen MR) is 86.2 cm³/mol. The van der Waals surface area contributed by atoms with E-state index in [2.05, 4.69) is 18.9 Å². The maximum Gasteiger partial charge on any atom is 0.481 e. The first-order valence-corrected chi connectivity index (χ1v) is 10.2. The SMILES string of the molecule is Cc1cn([C@@]2(N=[N+]=[N-])CC[C@@H](COP(=O)(O)OP(=O)(O)O)O2)c(=O)[nH]c1=O. The number of azide groups is 1. The first-order chi connectivity index (χ1) is 12.4. The second-order valence-electron chi connectivity index (χ2n) is 5.49. The lowest BCUT2D eigenvalue weighted by Gasteiger charge is -2.26. The number of phosphoric ester groups is 1. The number of ether oxygens (including phenoxy) is 1. The molecule has 1 aromatic heterocycles. The Kier molecular flexibility index (Phi) is 6.12. The summed E-state index contributed by atoms with van der Waals surface area (Å²) in [5, 5.41) is 3.47. The van der Waals surface area contributed by atoms with Crippen molar-refractivity contribution in [1.82, 2.24) is 9.55 Å². The number of nitrogens with zero attached hydrogens (tertiary/aromatic N) is 4. The average Bonchev–Trinajstić information content (AvgIpc) is 2.91. The van der Waals surface area contributed by atoms with Gasteiger partial charge in [0.25, 0.3) is 5.56 Å². The topological polar surface area (TPSA) is 226 Å². The molecule has 150 valence electrons. The summed E-state index contributed by atoms with van der Waals surface area (Å²) < 4.78 is 36.5. The summed E-state index contributed by atoms with van der Waals surface area (Å²) in [6.45, 7) is 0.753. The highest BCUT2D eigenvalue weighted by atomic mass is 31.3. The van der Waals surface area contributed by atoms with Crippen LogP contribution in [0, 0.1) is 6.92 Å². The van der Waals surface area contributed by atoms with E-state index in [1.807, 2.05) is 4.98 Å². The van der Waals surface area contributed by atoms with E-state index < -0.39 is 45.5 Å². The Morgan fingerprint density at radius 3 is 2.74 bits per heavy atom. The Balaban J connectivity index is 2.22. The van der Waals surface area contributed by atoms with E-state index >= 15 is 0 Å². The Bertz CT molecular complexity index is 977. The molecule has 0 aromatic carbocycles. The zero-order chi connectivity index (χ0) is 20.5. The monoisotopic (exact) mass is 427 g/mol. The van der Waals surface area contributed by atoms with Gasteiger partial charge in [-0.05, 0) is 24.0 Å². The number of hydrogen-bond donors (Lipinski definition) is 4. The minimum Gasteiger partial charge on any atom is -0.344 e. The van der Waals surface area contributed by atoms with Gasteiger partial charge in [-0.3, -0.25) is 18.9 Å². The van der Waals surface area contributed by atoms with Crippen molar-refractivity contribution >= 4 is 15.6 Å². The highest BCUT2D eigenvalue weighted by molar-refractivity contribution is 7.60. The van der Waals surface area contributed by atoms with Crippen molar-refractivity contribution in [2.24, 2.45) is 5.11 Å². The molecule has 2 rings (SSSR count). The number of aryl methyl sites for hydroxylation is 1. The largest absolute Gasteiger partial charge is 0.481 e. The fraction of sp³-hybridized carbons (Fsp3) is 0.600. The van der Waals surface area contributed by atoms with Crippen LogP contribution in [0.2, 0.25) is 0 Å². The molecule has 1 fully saturated rings. The van der Waals surface area contributed by atoms with Gasteiger partial charge in [-0.2, -0.15) is 4.31 Å². The van der Waals surface area contributed by atoms with Gasteiger partial charge in [0, 0.05) is 23.1 Å². The van der Waals surface area contributed by atoms with Gasteiger partial charge in [0.15, 0.2) is 0 Å². The van der Waals surface area contributed by atoms with Crippen molar-refractivity contribution in [1.29, 1.82) is 0 Å². The molecule has 4 N–H and O–H groups in total. The number of aromatic nitrogens is 2. The van der Waals surface area contributed by atoms with Crippen LogP contribution in [-0.4, -0.2) is 36.9 Å². The van der Waals surface area contributed by atoms with E-state index in [0.717, 1.165) is 10.8 Å². The number of H-pyrrole nitrogens is 1. The van der Waals surface area contributed by atoms with Crippen LogP contribution >= 0.6 is 15.6 Å². The normalized spacial score (nSPS) is 25.0. The fourth-order valence-electron chi connectivity index (χ4n) is 2.38. The molecule has 15 nitrogen and oxygen atoms in total. The molecule has 2 heterocycles. The smallest absolute Gasteiger partial charge is 0.344 e. The van der Waals surface area contributed by atoms with Crippen LogP contribution in [-0.2, 0) is 28.6 Å². The number of aromatic amines is 1. The second-order valence-corrected chi connectivity index (χ2v) is 8.32. The third-order valence-electron chi connectivity index (χ3n) is 3.48. The molecule has 1 aromatic rings. The number of rotatable bonds is 7. The van der Waals surface area contributed by atoms with Gasteiger partial charge in [0.2, 0.25) is 5.85 Å². The fourth-order valence-corrected chi connectivity index (χ4v) is 4.00. The van der Waals surface area contributed by atoms with Crippen molar-refractivity contribution in [3.8, 4) is 0 Å². The summed E-state index contributed by atoms with van der Waals surface area (Å²) in [5.41, 5.74) is 7.41. The summed E-state index contributed by atoms with van der Waals surface area (Å²) in [5.74, 6) is -1.86. The molecule has 0 spiro atoms. The number of phosphoric acid groups is 2. The number of nitrogens with one attached hydrogen (secondary N) is 1. The molecule has 3 atom stereocenters. The Morgan fingerprint density at radius 1 is 1.48 bits per heavy atom. The summed E-state index contributed by atoms with van der Waals surface area (Å²) in [6.07, 6.45) is 0.174. The van der Waals surface area contributed by atoms with Gasteiger partial charge in [-0.25, -0.2) is 13.9 Å². The van der Waals surface area contributed by atoms with E-state index in [1.54, 1.807) is 0 Å². The van der Waals surface area contributed by atoms with Crippen molar-refractivity contribution in [2.45, 2.75) is 31.7 Å². The van der Waals surface area contributed by atoms with Gasteiger partial charge in [-0.15, -0.1) is 0 Å². The maximum atomic E-state index is 12.1. The number of hydrogen-bond acceptors (Lipinski definition) is 8. The highest BCUT2D eigenvalue weighted by Crippen LogP contribution is 2.57. The van der Waals surface area contributed by atoms with E-state index in [0.29, 0.717) is 0 Å². The van der Waals surface area contributed by atoms with Crippen LogP contribution in [0.25, 0.3) is 10.4 Å². The van der Waals surface area contributed by atoms with Crippen molar-refractivity contribution < 1.29 is 37.4 Å². The lowest BCUT2D eigenvalue weighted by Crippen LogP contribution is -2.43. The van der Waals surface area contributed by atoms with Crippen LogP contribution in [0.3, 0.4) is 0 Å². The van der Waals surface area contributed by atoms with Gasteiger partial charge < -0.3 is 19.4 Å². The summed E-state index contributed by atoms with van der Waals surface area (Å²) in [6, 6.07) is 0. The molecule has 0 radical (unpaired) electrons. The first-order valence-electron chi connectivity index (χ1n) is 7.19. The van der Waals surface area contributed by atoms with E-state index in [-0.39, 0.29) is 18.4 Å². The molecule has 27 heavy (non-hydrogen) atoms. The molecule has 1 aliphatic heterocycles. The zero-order valence-corrected chi connectivity index (χ0v) is 15.4. The van der Waals surface area contributed by atoms with Gasteiger partial charge in [0.1, 0.15) is 0 Å². The Hall–Kier alpha value is -1.79. The van der Waals surface area contributed by atoms with Crippen molar-refractivity contribution in [3.05, 3.63) is 43.0 Å².